The summed E-state index contributed by atoms with van der Waals surface area (Å²) in [6.07, 6.45) is 6.08. The van der Waals surface area contributed by atoms with E-state index in [0.29, 0.717) is 41.0 Å². The first-order valence-corrected chi connectivity index (χ1v) is 11.3. The number of likely N-dealkylation sites (tertiary alicyclic amines) is 1. The molecular weight excluding hydrogens is 434 g/mol. The van der Waals surface area contributed by atoms with Crippen LogP contribution in [0.1, 0.15) is 30.8 Å². The molecule has 0 spiro atoms. The van der Waals surface area contributed by atoms with Crippen molar-refractivity contribution in [1.29, 1.82) is 0 Å². The number of carbonyl (C=O) groups is 1. The number of primary amides is 1. The number of fused-ring (bicyclic) bond motifs is 3. The van der Waals surface area contributed by atoms with Gasteiger partial charge < -0.3 is 16.0 Å². The molecule has 174 valence electrons. The smallest absolute Gasteiger partial charge is 0.266 e. The molecule has 2 aliphatic heterocycles. The molecule has 6 rings (SSSR count). The van der Waals surface area contributed by atoms with Crippen molar-refractivity contribution in [3.8, 4) is 11.4 Å². The summed E-state index contributed by atoms with van der Waals surface area (Å²) in [6.45, 7) is 6.66. The van der Waals surface area contributed by atoms with Crippen LogP contribution in [0.5, 0.6) is 0 Å². The van der Waals surface area contributed by atoms with Gasteiger partial charge in [-0.15, -0.1) is 0 Å². The largest absolute Gasteiger partial charge is 0.364 e. The third-order valence-corrected chi connectivity index (χ3v) is 6.66. The third-order valence-electron chi connectivity index (χ3n) is 6.66. The van der Waals surface area contributed by atoms with Gasteiger partial charge in [0.05, 0.1) is 18.1 Å². The molecule has 4 N–H and O–H groups in total. The predicted molar refractivity (Wildman–Crippen MR) is 126 cm³/mol. The van der Waals surface area contributed by atoms with E-state index in [0.717, 1.165) is 24.6 Å². The maximum Gasteiger partial charge on any atom is 0.266 e. The van der Waals surface area contributed by atoms with Crippen molar-refractivity contribution in [2.24, 2.45) is 5.73 Å². The fourth-order valence-electron chi connectivity index (χ4n) is 5.04. The normalized spacial score (nSPS) is 20.0. The van der Waals surface area contributed by atoms with Gasteiger partial charge in [-0.1, -0.05) is 0 Å². The number of H-pyrrole nitrogens is 1. The summed E-state index contributed by atoms with van der Waals surface area (Å²) in [5.74, 6) is 0.949. The Bertz CT molecular complexity index is 1360. The van der Waals surface area contributed by atoms with E-state index in [9.17, 15) is 4.79 Å². The van der Waals surface area contributed by atoms with Crippen LogP contribution >= 0.6 is 0 Å². The molecule has 0 aliphatic carbocycles. The maximum absolute atomic E-state index is 11.4. The minimum Gasteiger partial charge on any atom is -0.364 e. The monoisotopic (exact) mass is 459 g/mol. The van der Waals surface area contributed by atoms with Crippen LogP contribution in [0.3, 0.4) is 0 Å². The highest BCUT2D eigenvalue weighted by atomic mass is 16.1. The lowest BCUT2D eigenvalue weighted by molar-refractivity contribution is 0.0995. The Labute approximate surface area is 195 Å². The number of rotatable bonds is 6. The van der Waals surface area contributed by atoms with Gasteiger partial charge >= 0.3 is 0 Å². The first kappa shape index (κ1) is 20.5. The van der Waals surface area contributed by atoms with Gasteiger partial charge in [0, 0.05) is 31.2 Å². The van der Waals surface area contributed by atoms with Gasteiger partial charge in [-0.25, -0.2) is 19.5 Å². The summed E-state index contributed by atoms with van der Waals surface area (Å²) in [7, 11) is 0. The molecule has 34 heavy (non-hydrogen) atoms. The van der Waals surface area contributed by atoms with Gasteiger partial charge in [-0.05, 0) is 38.5 Å². The Balaban J connectivity index is 1.21. The van der Waals surface area contributed by atoms with Gasteiger partial charge in [0.15, 0.2) is 11.5 Å². The van der Waals surface area contributed by atoms with Gasteiger partial charge in [-0.2, -0.15) is 10.2 Å². The Kier molecular flexibility index (Phi) is 4.69. The number of hydrogen-bond donors (Lipinski definition) is 3. The lowest BCUT2D eigenvalue weighted by atomic mass is 10.2. The predicted octanol–water partition coefficient (Wildman–Crippen LogP) is 1.42. The summed E-state index contributed by atoms with van der Waals surface area (Å²) in [5, 5.41) is 14.3. The molecular formula is C22H25N11O. The highest BCUT2D eigenvalue weighted by molar-refractivity contribution is 5.91. The Hall–Kier alpha value is -4.06. The second kappa shape index (κ2) is 7.76. The van der Waals surface area contributed by atoms with E-state index in [-0.39, 0.29) is 5.69 Å². The number of pyridine rings is 1. The maximum atomic E-state index is 11.4. The minimum absolute atomic E-state index is 0.208. The second-order valence-corrected chi connectivity index (χ2v) is 9.03. The molecule has 4 aromatic heterocycles. The molecule has 0 aromatic carbocycles. The van der Waals surface area contributed by atoms with Crippen LogP contribution < -0.4 is 16.0 Å². The van der Waals surface area contributed by atoms with Crippen molar-refractivity contribution in [3.05, 3.63) is 42.6 Å². The van der Waals surface area contributed by atoms with Crippen LogP contribution in [0, 0.1) is 0 Å². The van der Waals surface area contributed by atoms with E-state index in [1.807, 2.05) is 18.3 Å². The van der Waals surface area contributed by atoms with E-state index in [2.05, 4.69) is 54.2 Å². The van der Waals surface area contributed by atoms with Crippen molar-refractivity contribution >= 4 is 28.9 Å². The molecule has 0 saturated carbocycles. The second-order valence-electron chi connectivity index (χ2n) is 9.03. The number of aromatic nitrogens is 7. The van der Waals surface area contributed by atoms with Crippen LogP contribution in [0.25, 0.3) is 17.0 Å². The van der Waals surface area contributed by atoms with Gasteiger partial charge in [-0.3, -0.25) is 14.8 Å². The summed E-state index contributed by atoms with van der Waals surface area (Å²) in [6, 6.07) is 7.34. The molecule has 2 bridgehead atoms. The van der Waals surface area contributed by atoms with Gasteiger partial charge in [0.1, 0.15) is 29.2 Å². The van der Waals surface area contributed by atoms with Crippen molar-refractivity contribution in [3.63, 3.8) is 0 Å². The molecule has 12 heteroatoms. The zero-order valence-corrected chi connectivity index (χ0v) is 18.9. The quantitative estimate of drug-likeness (QED) is 0.389. The molecule has 2 fully saturated rings. The summed E-state index contributed by atoms with van der Waals surface area (Å²) < 4.78 is 1.61. The summed E-state index contributed by atoms with van der Waals surface area (Å²) in [5.41, 5.74) is 7.92. The number of nitrogens with two attached hydrogens (primary N) is 1. The van der Waals surface area contributed by atoms with Crippen LogP contribution in [-0.2, 0) is 0 Å². The van der Waals surface area contributed by atoms with Crippen LogP contribution in [0.2, 0.25) is 0 Å². The number of aromatic amines is 1. The van der Waals surface area contributed by atoms with E-state index in [1.165, 1.54) is 12.7 Å². The van der Waals surface area contributed by atoms with Gasteiger partial charge in [0.25, 0.3) is 5.91 Å². The fraction of sp³-hybridized carbons (Fsp3) is 0.364. The average molecular weight is 460 g/mol. The Morgan fingerprint density at radius 2 is 2.06 bits per heavy atom. The standard InChI is InChI=1S/C22H25N11O/c1-12(2)31-9-15-5-14(31)10-32(15)19-4-3-13(7-24-19)28-21-22-26-11-27-33(22)18(8-25-21)16-6-17(20(23)34)30-29-16/h3-4,6-8,11-12,14-15H,5,9-10H2,1-2H3,(H2,23,34)(H,25,28)(H,29,30)/t14-,15+/m1/s1. The Morgan fingerprint density at radius 3 is 2.74 bits per heavy atom. The average Bonchev–Trinajstić information content (AvgIpc) is 3.63. The molecule has 12 nitrogen and oxygen atoms in total. The molecule has 1 amide bonds. The van der Waals surface area contributed by atoms with Crippen molar-refractivity contribution in [2.75, 3.05) is 23.3 Å². The lowest BCUT2D eigenvalue weighted by Crippen LogP contribution is -2.49. The topological polar surface area (TPSA) is 146 Å². The molecule has 0 unspecified atom stereocenters. The number of carbonyl (C=O) groups excluding carboxylic acids is 1. The van der Waals surface area contributed by atoms with E-state index in [4.69, 9.17) is 10.7 Å². The lowest BCUT2D eigenvalue weighted by Gasteiger charge is -2.37. The first-order chi connectivity index (χ1) is 16.5. The highest BCUT2D eigenvalue weighted by Gasteiger charge is 2.44. The summed E-state index contributed by atoms with van der Waals surface area (Å²) in [4.78, 5) is 30.0. The van der Waals surface area contributed by atoms with Crippen LogP contribution in [0.15, 0.2) is 36.9 Å². The molecule has 2 atom stereocenters. The number of nitrogens with zero attached hydrogens (tertiary/aromatic N) is 8. The SMILES string of the molecule is CC(C)N1C[C@@H]2C[C@@H]1CN2c1ccc(Nc2ncc(-c3cc(C(N)=O)[nH]n3)n3ncnc23)cn1. The van der Waals surface area contributed by atoms with Crippen molar-refractivity contribution in [2.45, 2.75) is 38.4 Å². The number of hydrogen-bond acceptors (Lipinski definition) is 9. The minimum atomic E-state index is -0.588. The fourth-order valence-corrected chi connectivity index (χ4v) is 5.04. The number of piperazine rings is 1. The molecule has 4 aromatic rings. The van der Waals surface area contributed by atoms with Crippen molar-refractivity contribution in [1.82, 2.24) is 39.7 Å². The van der Waals surface area contributed by atoms with E-state index >= 15 is 0 Å². The summed E-state index contributed by atoms with van der Waals surface area (Å²) >= 11 is 0. The number of nitrogens with one attached hydrogen (secondary N) is 2. The third kappa shape index (κ3) is 3.34. The Morgan fingerprint density at radius 1 is 1.18 bits per heavy atom. The molecule has 0 radical (unpaired) electrons. The highest BCUT2D eigenvalue weighted by Crippen LogP contribution is 2.35. The van der Waals surface area contributed by atoms with Crippen LogP contribution in [-0.4, -0.2) is 76.8 Å². The zero-order valence-electron chi connectivity index (χ0n) is 18.9. The molecule has 2 aliphatic rings. The zero-order chi connectivity index (χ0) is 23.4. The van der Waals surface area contributed by atoms with Gasteiger partial charge in [0.2, 0.25) is 0 Å². The molecule has 2 saturated heterocycles. The van der Waals surface area contributed by atoms with E-state index < -0.39 is 5.91 Å². The number of anilines is 3. The number of amides is 1. The molecule has 6 heterocycles. The first-order valence-electron chi connectivity index (χ1n) is 11.3. The van der Waals surface area contributed by atoms with Crippen molar-refractivity contribution < 1.29 is 4.79 Å². The van der Waals surface area contributed by atoms with E-state index in [1.54, 1.807) is 16.8 Å². The van der Waals surface area contributed by atoms with Crippen LogP contribution in [0.4, 0.5) is 17.3 Å².